The zero-order valence-corrected chi connectivity index (χ0v) is 12.0. The number of carbonyl (C=O) groups excluding carboxylic acids is 1. The summed E-state index contributed by atoms with van der Waals surface area (Å²) in [6.07, 6.45) is 6.58. The molecule has 3 aliphatic rings. The predicted octanol–water partition coefficient (Wildman–Crippen LogP) is 1.01. The van der Waals surface area contributed by atoms with Gasteiger partial charge in [-0.3, -0.25) is 14.6 Å². The first-order valence-electron chi connectivity index (χ1n) is 7.34. The zero-order valence-electron chi connectivity index (χ0n) is 12.0. The lowest BCUT2D eigenvalue weighted by Gasteiger charge is -2.27. The van der Waals surface area contributed by atoms with E-state index in [1.54, 1.807) is 23.4 Å². The van der Waals surface area contributed by atoms with Crippen LogP contribution in [0, 0.1) is 11.8 Å². The molecule has 3 aliphatic heterocycles. The lowest BCUT2D eigenvalue weighted by atomic mass is 9.77. The van der Waals surface area contributed by atoms with E-state index in [1.165, 1.54) is 0 Å². The van der Waals surface area contributed by atoms with Gasteiger partial charge in [-0.25, -0.2) is 0 Å². The number of carbonyl (C=O) groups is 2. The number of ether oxygens (including phenoxy) is 1. The number of hydrogen-bond acceptors (Lipinski definition) is 4. The molecule has 0 aromatic carbocycles. The van der Waals surface area contributed by atoms with Gasteiger partial charge in [0, 0.05) is 12.4 Å². The second-order valence-corrected chi connectivity index (χ2v) is 6.17. The highest BCUT2D eigenvalue weighted by atomic mass is 16.5. The summed E-state index contributed by atoms with van der Waals surface area (Å²) in [4.78, 5) is 30.2. The van der Waals surface area contributed by atoms with Gasteiger partial charge in [-0.15, -0.1) is 0 Å². The summed E-state index contributed by atoms with van der Waals surface area (Å²) in [7, 11) is 0. The summed E-state index contributed by atoms with van der Waals surface area (Å²) in [6, 6.07) is 3.58. The smallest absolute Gasteiger partial charge is 0.310 e. The number of aromatic nitrogens is 1. The third-order valence-corrected chi connectivity index (χ3v) is 5.05. The van der Waals surface area contributed by atoms with E-state index in [2.05, 4.69) is 4.98 Å². The fourth-order valence-corrected chi connectivity index (χ4v) is 3.94. The van der Waals surface area contributed by atoms with Crippen molar-refractivity contribution in [1.82, 2.24) is 9.88 Å². The van der Waals surface area contributed by atoms with Gasteiger partial charge in [0.05, 0.1) is 24.6 Å². The molecule has 0 aliphatic carbocycles. The number of pyridine rings is 1. The Morgan fingerprint density at radius 2 is 2.41 bits per heavy atom. The Morgan fingerprint density at radius 1 is 1.59 bits per heavy atom. The monoisotopic (exact) mass is 300 g/mol. The summed E-state index contributed by atoms with van der Waals surface area (Å²) >= 11 is 0. The fraction of sp³-hybridized carbons (Fsp3) is 0.438. The molecule has 1 aromatic heterocycles. The van der Waals surface area contributed by atoms with Crippen molar-refractivity contribution in [2.24, 2.45) is 11.8 Å². The number of aliphatic carboxylic acids is 1. The molecule has 1 spiro atoms. The largest absolute Gasteiger partial charge is 0.481 e. The van der Waals surface area contributed by atoms with Crippen LogP contribution in [0.3, 0.4) is 0 Å². The molecule has 22 heavy (non-hydrogen) atoms. The number of carboxylic acid groups (broad SMARTS) is 1. The fourth-order valence-electron chi connectivity index (χ4n) is 3.94. The molecular formula is C16H16N2O4. The maximum atomic E-state index is 12.8. The first-order valence-corrected chi connectivity index (χ1v) is 7.34. The van der Waals surface area contributed by atoms with E-state index in [4.69, 9.17) is 4.74 Å². The molecule has 1 aromatic rings. The lowest BCUT2D eigenvalue weighted by molar-refractivity contribution is -0.148. The summed E-state index contributed by atoms with van der Waals surface area (Å²) in [5.41, 5.74) is 0.152. The Balaban J connectivity index is 1.68. The highest BCUT2D eigenvalue weighted by molar-refractivity contribution is 5.91. The second kappa shape index (κ2) is 4.39. The van der Waals surface area contributed by atoms with E-state index < -0.39 is 29.5 Å². The van der Waals surface area contributed by atoms with E-state index in [1.807, 2.05) is 25.1 Å². The highest BCUT2D eigenvalue weighted by Gasteiger charge is 2.67. The topological polar surface area (TPSA) is 79.7 Å². The van der Waals surface area contributed by atoms with Gasteiger partial charge in [0.2, 0.25) is 5.91 Å². The maximum Gasteiger partial charge on any atom is 0.310 e. The van der Waals surface area contributed by atoms with Crippen LogP contribution in [0.25, 0.3) is 0 Å². The molecule has 6 heteroatoms. The SMILES string of the molecule is C[C@H](c1cccnc1)N1C[C@@]23C=C[C@@H](O2)[C@H](C(=O)O)[C@@H]3C1=O. The molecule has 4 heterocycles. The van der Waals surface area contributed by atoms with Gasteiger partial charge < -0.3 is 14.7 Å². The normalized spacial score (nSPS) is 36.7. The minimum atomic E-state index is -0.967. The van der Waals surface area contributed by atoms with Gasteiger partial charge >= 0.3 is 5.97 Å². The van der Waals surface area contributed by atoms with Crippen LogP contribution >= 0.6 is 0 Å². The van der Waals surface area contributed by atoms with Crippen molar-refractivity contribution < 1.29 is 19.4 Å². The zero-order chi connectivity index (χ0) is 15.5. The van der Waals surface area contributed by atoms with Crippen molar-refractivity contribution in [1.29, 1.82) is 0 Å². The Labute approximate surface area is 127 Å². The highest BCUT2D eigenvalue weighted by Crippen LogP contribution is 2.53. The molecule has 114 valence electrons. The van der Waals surface area contributed by atoms with Crippen LogP contribution in [0.2, 0.25) is 0 Å². The molecule has 2 saturated heterocycles. The number of hydrogen-bond donors (Lipinski definition) is 1. The molecular weight excluding hydrogens is 284 g/mol. The molecule has 6 nitrogen and oxygen atoms in total. The average Bonchev–Trinajstić information content (AvgIpc) is 3.15. The quantitative estimate of drug-likeness (QED) is 0.843. The van der Waals surface area contributed by atoms with Crippen LogP contribution in [0.4, 0.5) is 0 Å². The number of rotatable bonds is 3. The summed E-state index contributed by atoms with van der Waals surface area (Å²) in [6.45, 7) is 2.32. The number of amides is 1. The van der Waals surface area contributed by atoms with Crippen molar-refractivity contribution in [3.8, 4) is 0 Å². The van der Waals surface area contributed by atoms with Crippen LogP contribution < -0.4 is 0 Å². The number of likely N-dealkylation sites (tertiary alicyclic amines) is 1. The van der Waals surface area contributed by atoms with Gasteiger partial charge in [-0.05, 0) is 18.6 Å². The molecule has 2 bridgehead atoms. The molecule has 5 atom stereocenters. The van der Waals surface area contributed by atoms with Gasteiger partial charge in [-0.1, -0.05) is 18.2 Å². The Kier molecular flexibility index (Phi) is 2.69. The minimum absolute atomic E-state index is 0.143. The summed E-state index contributed by atoms with van der Waals surface area (Å²) in [5.74, 6) is -2.52. The Morgan fingerprint density at radius 3 is 3.09 bits per heavy atom. The second-order valence-electron chi connectivity index (χ2n) is 6.17. The molecule has 4 rings (SSSR count). The molecule has 2 fully saturated rings. The van der Waals surface area contributed by atoms with E-state index in [0.29, 0.717) is 6.54 Å². The van der Waals surface area contributed by atoms with Crippen molar-refractivity contribution in [2.45, 2.75) is 24.7 Å². The number of nitrogens with zero attached hydrogens (tertiary/aromatic N) is 2. The average molecular weight is 300 g/mol. The Bertz CT molecular complexity index is 674. The summed E-state index contributed by atoms with van der Waals surface area (Å²) < 4.78 is 5.87. The van der Waals surface area contributed by atoms with Gasteiger partial charge in [0.15, 0.2) is 0 Å². The molecule has 0 unspecified atom stereocenters. The maximum absolute atomic E-state index is 12.8. The Hall–Kier alpha value is -2.21. The standard InChI is InChI=1S/C16H16N2O4/c1-9(10-3-2-6-17-7-10)18-8-16-5-4-11(22-16)12(15(20)21)13(16)14(18)19/h2-7,9,11-13H,8H2,1H3,(H,20,21)/t9-,11-,12+,13-,16-/m1/s1. The molecule has 1 amide bonds. The van der Waals surface area contributed by atoms with Crippen molar-refractivity contribution in [3.05, 3.63) is 42.2 Å². The van der Waals surface area contributed by atoms with E-state index >= 15 is 0 Å². The van der Waals surface area contributed by atoms with Crippen LogP contribution in [-0.4, -0.2) is 45.1 Å². The molecule has 0 saturated carbocycles. The number of fused-ring (bicyclic) bond motifs is 1. The minimum Gasteiger partial charge on any atom is -0.481 e. The van der Waals surface area contributed by atoms with Crippen molar-refractivity contribution in [2.75, 3.05) is 6.54 Å². The van der Waals surface area contributed by atoms with Crippen LogP contribution in [0.15, 0.2) is 36.7 Å². The first kappa shape index (κ1) is 13.5. The third kappa shape index (κ3) is 1.61. The molecule has 1 N–H and O–H groups in total. The summed E-state index contributed by atoms with van der Waals surface area (Å²) in [5, 5.41) is 9.44. The van der Waals surface area contributed by atoms with Crippen LogP contribution in [0.1, 0.15) is 18.5 Å². The van der Waals surface area contributed by atoms with E-state index in [-0.39, 0.29) is 11.9 Å². The van der Waals surface area contributed by atoms with Gasteiger partial charge in [0.25, 0.3) is 0 Å². The predicted molar refractivity (Wildman–Crippen MR) is 75.7 cm³/mol. The number of carboxylic acids is 1. The van der Waals surface area contributed by atoms with Crippen LogP contribution in [0.5, 0.6) is 0 Å². The lowest BCUT2D eigenvalue weighted by Crippen LogP contribution is -2.39. The van der Waals surface area contributed by atoms with Gasteiger partial charge in [0.1, 0.15) is 11.5 Å². The molecule has 0 radical (unpaired) electrons. The first-order chi connectivity index (χ1) is 10.5. The van der Waals surface area contributed by atoms with E-state index in [0.717, 1.165) is 5.56 Å². The van der Waals surface area contributed by atoms with Crippen molar-refractivity contribution in [3.63, 3.8) is 0 Å². The third-order valence-electron chi connectivity index (χ3n) is 5.05. The van der Waals surface area contributed by atoms with Gasteiger partial charge in [-0.2, -0.15) is 0 Å². The van der Waals surface area contributed by atoms with E-state index in [9.17, 15) is 14.7 Å². The van der Waals surface area contributed by atoms with Crippen LogP contribution in [-0.2, 0) is 14.3 Å². The van der Waals surface area contributed by atoms with Crippen molar-refractivity contribution >= 4 is 11.9 Å².